The predicted molar refractivity (Wildman–Crippen MR) is 117 cm³/mol. The number of hydrogen-bond donors (Lipinski definition) is 2. The Morgan fingerprint density at radius 1 is 1.00 bits per heavy atom. The maximum absolute atomic E-state index is 12.4. The number of carbonyl (C=O) groups is 1. The van der Waals surface area contributed by atoms with Gasteiger partial charge in [-0.25, -0.2) is 0 Å². The Kier molecular flexibility index (Phi) is 5.82. The number of amides is 1. The van der Waals surface area contributed by atoms with Gasteiger partial charge in [0.05, 0.1) is 0 Å². The molecule has 0 radical (unpaired) electrons. The maximum atomic E-state index is 12.4. The van der Waals surface area contributed by atoms with Crippen molar-refractivity contribution in [3.63, 3.8) is 0 Å². The molecule has 1 heterocycles. The van der Waals surface area contributed by atoms with Gasteiger partial charge in [-0.05, 0) is 35.4 Å². The Morgan fingerprint density at radius 3 is 2.62 bits per heavy atom. The first-order valence-corrected chi connectivity index (χ1v) is 9.84. The molecule has 4 nitrogen and oxygen atoms in total. The van der Waals surface area contributed by atoms with E-state index in [2.05, 4.69) is 34.6 Å². The average molecular weight is 405 g/mol. The van der Waals surface area contributed by atoms with E-state index in [-0.39, 0.29) is 18.4 Å². The molecule has 1 amide bonds. The number of fused-ring (bicyclic) bond motifs is 1. The van der Waals surface area contributed by atoms with E-state index in [4.69, 9.17) is 16.3 Å². The number of H-pyrrole nitrogens is 1. The standard InChI is InChI=1S/C24H21ClN2O2/c25-18-9-6-10-19(13-18)29-16-24(28)27-14-21(17-7-2-1-3-8-17)22-15-26-23-12-5-4-11-20(22)23/h1-13,15,21,26H,14,16H2,(H,27,28)/t21-/m0/s1. The summed E-state index contributed by atoms with van der Waals surface area (Å²) in [5, 5.41) is 4.74. The highest BCUT2D eigenvalue weighted by Gasteiger charge is 2.19. The molecule has 0 aliphatic carbocycles. The van der Waals surface area contributed by atoms with Gasteiger partial charge in [0.25, 0.3) is 5.91 Å². The van der Waals surface area contributed by atoms with Crippen LogP contribution in [0.1, 0.15) is 17.0 Å². The van der Waals surface area contributed by atoms with Crippen molar-refractivity contribution in [1.29, 1.82) is 0 Å². The molecule has 146 valence electrons. The third-order valence-electron chi connectivity index (χ3n) is 4.87. The van der Waals surface area contributed by atoms with Crippen molar-refractivity contribution < 1.29 is 9.53 Å². The monoisotopic (exact) mass is 404 g/mol. The SMILES string of the molecule is O=C(COc1cccc(Cl)c1)NC[C@@H](c1ccccc1)c1c[nH]c2ccccc12. The number of hydrogen-bond acceptors (Lipinski definition) is 2. The molecule has 0 fully saturated rings. The molecular formula is C24H21ClN2O2. The Bertz CT molecular complexity index is 1110. The molecule has 5 heteroatoms. The first-order chi connectivity index (χ1) is 14.2. The van der Waals surface area contributed by atoms with Crippen LogP contribution in [0.15, 0.2) is 85.1 Å². The van der Waals surface area contributed by atoms with E-state index >= 15 is 0 Å². The highest BCUT2D eigenvalue weighted by molar-refractivity contribution is 6.30. The van der Waals surface area contributed by atoms with E-state index in [1.807, 2.05) is 36.5 Å². The van der Waals surface area contributed by atoms with Gasteiger partial charge < -0.3 is 15.0 Å². The van der Waals surface area contributed by atoms with Gasteiger partial charge in [-0.3, -0.25) is 4.79 Å². The van der Waals surface area contributed by atoms with Crippen LogP contribution in [0, 0.1) is 0 Å². The molecular weight excluding hydrogens is 384 g/mol. The van der Waals surface area contributed by atoms with Crippen molar-refractivity contribution in [3.8, 4) is 5.75 Å². The lowest BCUT2D eigenvalue weighted by atomic mass is 9.91. The summed E-state index contributed by atoms with van der Waals surface area (Å²) in [6.07, 6.45) is 2.02. The number of benzene rings is 3. The summed E-state index contributed by atoms with van der Waals surface area (Å²) in [7, 11) is 0. The van der Waals surface area contributed by atoms with E-state index in [0.717, 1.165) is 22.0 Å². The summed E-state index contributed by atoms with van der Waals surface area (Å²) in [6.45, 7) is 0.416. The summed E-state index contributed by atoms with van der Waals surface area (Å²) < 4.78 is 5.54. The molecule has 2 N–H and O–H groups in total. The highest BCUT2D eigenvalue weighted by Crippen LogP contribution is 2.30. The number of ether oxygens (including phenoxy) is 1. The molecule has 0 saturated heterocycles. The molecule has 29 heavy (non-hydrogen) atoms. The van der Waals surface area contributed by atoms with Crippen LogP contribution in [0.4, 0.5) is 0 Å². The van der Waals surface area contributed by atoms with E-state index in [1.54, 1.807) is 24.3 Å². The summed E-state index contributed by atoms with van der Waals surface area (Å²) >= 11 is 5.95. The van der Waals surface area contributed by atoms with Gasteiger partial charge in [0.2, 0.25) is 0 Å². The van der Waals surface area contributed by atoms with Crippen LogP contribution in [0.5, 0.6) is 5.75 Å². The molecule has 0 unspecified atom stereocenters. The van der Waals surface area contributed by atoms with Gasteiger partial charge in [0.1, 0.15) is 5.75 Å². The first-order valence-electron chi connectivity index (χ1n) is 9.47. The maximum Gasteiger partial charge on any atom is 0.257 e. The Hall–Kier alpha value is -3.24. The zero-order valence-electron chi connectivity index (χ0n) is 15.8. The molecule has 0 bridgehead atoms. The number of halogens is 1. The van der Waals surface area contributed by atoms with Crippen molar-refractivity contribution in [2.24, 2.45) is 0 Å². The third-order valence-corrected chi connectivity index (χ3v) is 5.10. The van der Waals surface area contributed by atoms with Gasteiger partial charge in [0.15, 0.2) is 6.61 Å². The number of carbonyl (C=O) groups excluding carboxylic acids is 1. The lowest BCUT2D eigenvalue weighted by Gasteiger charge is -2.18. The van der Waals surface area contributed by atoms with Crippen molar-refractivity contribution in [3.05, 3.63) is 101 Å². The molecule has 4 rings (SSSR count). The predicted octanol–water partition coefficient (Wildman–Crippen LogP) is 5.15. The first kappa shape index (κ1) is 19.1. The minimum Gasteiger partial charge on any atom is -0.484 e. The lowest BCUT2D eigenvalue weighted by Crippen LogP contribution is -2.32. The van der Waals surface area contributed by atoms with Gasteiger partial charge in [-0.15, -0.1) is 0 Å². The van der Waals surface area contributed by atoms with Crippen molar-refractivity contribution in [2.45, 2.75) is 5.92 Å². The van der Waals surface area contributed by atoms with Gasteiger partial charge in [-0.1, -0.05) is 66.2 Å². The minimum atomic E-state index is -0.175. The molecule has 0 spiro atoms. The van der Waals surface area contributed by atoms with Gasteiger partial charge >= 0.3 is 0 Å². The van der Waals surface area contributed by atoms with Crippen molar-refractivity contribution in [2.75, 3.05) is 13.2 Å². The number of aromatic amines is 1. The van der Waals surface area contributed by atoms with Crippen LogP contribution in [-0.4, -0.2) is 24.0 Å². The third kappa shape index (κ3) is 4.61. The highest BCUT2D eigenvalue weighted by atomic mass is 35.5. The zero-order chi connectivity index (χ0) is 20.1. The van der Waals surface area contributed by atoms with Crippen LogP contribution < -0.4 is 10.1 Å². The molecule has 0 saturated carbocycles. The number of rotatable bonds is 7. The lowest BCUT2D eigenvalue weighted by molar-refractivity contribution is -0.123. The zero-order valence-corrected chi connectivity index (χ0v) is 16.5. The second-order valence-electron chi connectivity index (χ2n) is 6.80. The fraction of sp³-hybridized carbons (Fsp3) is 0.125. The van der Waals surface area contributed by atoms with E-state index in [0.29, 0.717) is 17.3 Å². The fourth-order valence-electron chi connectivity index (χ4n) is 3.45. The molecule has 3 aromatic carbocycles. The Morgan fingerprint density at radius 2 is 1.79 bits per heavy atom. The van der Waals surface area contributed by atoms with Crippen LogP contribution in [0.25, 0.3) is 10.9 Å². The quantitative estimate of drug-likeness (QED) is 0.447. The fourth-order valence-corrected chi connectivity index (χ4v) is 3.63. The van der Waals surface area contributed by atoms with Gasteiger partial charge in [0, 0.05) is 34.6 Å². The largest absolute Gasteiger partial charge is 0.484 e. The average Bonchev–Trinajstić information content (AvgIpc) is 3.17. The minimum absolute atomic E-state index is 0.0301. The topological polar surface area (TPSA) is 54.1 Å². The Labute approximate surface area is 174 Å². The summed E-state index contributed by atoms with van der Waals surface area (Å²) in [5.41, 5.74) is 3.38. The van der Waals surface area contributed by atoms with Gasteiger partial charge in [-0.2, -0.15) is 0 Å². The molecule has 1 atom stereocenters. The van der Waals surface area contributed by atoms with E-state index in [1.165, 1.54) is 0 Å². The molecule has 1 aromatic heterocycles. The van der Waals surface area contributed by atoms with Crippen LogP contribution in [0.3, 0.4) is 0 Å². The van der Waals surface area contributed by atoms with Crippen LogP contribution >= 0.6 is 11.6 Å². The molecule has 0 aliphatic heterocycles. The normalized spacial score (nSPS) is 11.9. The van der Waals surface area contributed by atoms with Crippen molar-refractivity contribution in [1.82, 2.24) is 10.3 Å². The summed E-state index contributed by atoms with van der Waals surface area (Å²) in [6, 6.07) is 25.4. The number of aromatic nitrogens is 1. The second kappa shape index (κ2) is 8.84. The number of para-hydroxylation sites is 1. The molecule has 4 aromatic rings. The Balaban J connectivity index is 1.48. The van der Waals surface area contributed by atoms with Crippen molar-refractivity contribution >= 4 is 28.4 Å². The summed E-state index contributed by atoms with van der Waals surface area (Å²) in [5.74, 6) is 0.428. The second-order valence-corrected chi connectivity index (χ2v) is 7.24. The van der Waals surface area contributed by atoms with E-state index in [9.17, 15) is 4.79 Å². The number of nitrogens with one attached hydrogen (secondary N) is 2. The van der Waals surface area contributed by atoms with E-state index < -0.39 is 0 Å². The van der Waals surface area contributed by atoms with Crippen LogP contribution in [-0.2, 0) is 4.79 Å². The smallest absolute Gasteiger partial charge is 0.257 e. The molecule has 0 aliphatic rings. The van der Waals surface area contributed by atoms with Crippen LogP contribution in [0.2, 0.25) is 5.02 Å². The summed E-state index contributed by atoms with van der Waals surface area (Å²) in [4.78, 5) is 15.7.